The maximum Gasteiger partial charge on any atom is 0.221 e. The van der Waals surface area contributed by atoms with Crippen molar-refractivity contribution >= 4 is 17.5 Å². The summed E-state index contributed by atoms with van der Waals surface area (Å²) in [5.41, 5.74) is 1.04. The lowest BCUT2D eigenvalue weighted by atomic mass is 9.97. The summed E-state index contributed by atoms with van der Waals surface area (Å²) in [5, 5.41) is 3.69. The second kappa shape index (κ2) is 8.32. The SMILES string of the molecule is C[C@@H]1CCCCN1C1CN(CCC(=O)NCc2cccc(Cl)c2)C1. The summed E-state index contributed by atoms with van der Waals surface area (Å²) < 4.78 is 0. The van der Waals surface area contributed by atoms with Crippen LogP contribution in [0, 0.1) is 0 Å². The van der Waals surface area contributed by atoms with Gasteiger partial charge in [0, 0.05) is 49.7 Å². The van der Waals surface area contributed by atoms with Gasteiger partial charge in [-0.25, -0.2) is 0 Å². The monoisotopic (exact) mass is 349 g/mol. The van der Waals surface area contributed by atoms with Gasteiger partial charge in [0.05, 0.1) is 0 Å². The quantitative estimate of drug-likeness (QED) is 0.857. The Balaban J connectivity index is 1.32. The number of hydrogen-bond donors (Lipinski definition) is 1. The molecule has 2 fully saturated rings. The molecular formula is C19H28ClN3O. The number of nitrogens with one attached hydrogen (secondary N) is 1. The Hall–Kier alpha value is -1.10. The highest BCUT2D eigenvalue weighted by Gasteiger charge is 2.34. The Kier molecular flexibility index (Phi) is 6.14. The molecule has 0 aromatic heterocycles. The van der Waals surface area contributed by atoms with Gasteiger partial charge >= 0.3 is 0 Å². The van der Waals surface area contributed by atoms with Gasteiger partial charge in [-0.05, 0) is 44.0 Å². The van der Waals surface area contributed by atoms with Crippen LogP contribution in [0.4, 0.5) is 0 Å². The molecule has 3 rings (SSSR count). The number of rotatable bonds is 6. The second-order valence-corrected chi connectivity index (χ2v) is 7.59. The fraction of sp³-hybridized carbons (Fsp3) is 0.632. The number of amides is 1. The zero-order valence-electron chi connectivity index (χ0n) is 14.5. The molecule has 1 aromatic carbocycles. The molecule has 0 aliphatic carbocycles. The number of piperidine rings is 1. The highest BCUT2D eigenvalue weighted by molar-refractivity contribution is 6.30. The molecule has 0 radical (unpaired) electrons. The first-order valence-corrected chi connectivity index (χ1v) is 9.49. The predicted molar refractivity (Wildman–Crippen MR) is 98.2 cm³/mol. The van der Waals surface area contributed by atoms with Crippen LogP contribution in [0.15, 0.2) is 24.3 Å². The van der Waals surface area contributed by atoms with Crippen LogP contribution >= 0.6 is 11.6 Å². The Bertz CT molecular complexity index is 559. The van der Waals surface area contributed by atoms with E-state index in [2.05, 4.69) is 22.0 Å². The average molecular weight is 350 g/mol. The van der Waals surface area contributed by atoms with Crippen LogP contribution in [0.5, 0.6) is 0 Å². The van der Waals surface area contributed by atoms with E-state index in [1.54, 1.807) is 0 Å². The number of halogens is 1. The molecule has 1 N–H and O–H groups in total. The first-order valence-electron chi connectivity index (χ1n) is 9.11. The molecule has 1 amide bonds. The van der Waals surface area contributed by atoms with E-state index in [-0.39, 0.29) is 5.91 Å². The summed E-state index contributed by atoms with van der Waals surface area (Å²) >= 11 is 5.95. The van der Waals surface area contributed by atoms with Crippen LogP contribution in [0.3, 0.4) is 0 Å². The Morgan fingerprint density at radius 2 is 2.17 bits per heavy atom. The molecule has 24 heavy (non-hydrogen) atoms. The summed E-state index contributed by atoms with van der Waals surface area (Å²) in [6.45, 7) is 7.25. The lowest BCUT2D eigenvalue weighted by Gasteiger charge is -2.49. The third kappa shape index (κ3) is 4.71. The van der Waals surface area contributed by atoms with Gasteiger partial charge in [-0.2, -0.15) is 0 Å². The molecule has 4 nitrogen and oxygen atoms in total. The average Bonchev–Trinajstić information content (AvgIpc) is 2.53. The highest BCUT2D eigenvalue weighted by atomic mass is 35.5. The Morgan fingerprint density at radius 1 is 1.33 bits per heavy atom. The van der Waals surface area contributed by atoms with Crippen LogP contribution in [-0.4, -0.2) is 54.0 Å². The van der Waals surface area contributed by atoms with Gasteiger partial charge in [-0.15, -0.1) is 0 Å². The van der Waals surface area contributed by atoms with Crippen molar-refractivity contribution < 1.29 is 4.79 Å². The van der Waals surface area contributed by atoms with Crippen molar-refractivity contribution in [1.29, 1.82) is 0 Å². The van der Waals surface area contributed by atoms with Gasteiger partial charge in [0.15, 0.2) is 0 Å². The largest absolute Gasteiger partial charge is 0.352 e. The maximum absolute atomic E-state index is 12.0. The van der Waals surface area contributed by atoms with Crippen LogP contribution in [0.2, 0.25) is 5.02 Å². The van der Waals surface area contributed by atoms with Gasteiger partial charge < -0.3 is 5.32 Å². The summed E-state index contributed by atoms with van der Waals surface area (Å²) in [5.74, 6) is 0.116. The third-order valence-corrected chi connectivity index (χ3v) is 5.53. The number of carbonyl (C=O) groups excluding carboxylic acids is 1. The zero-order valence-corrected chi connectivity index (χ0v) is 15.3. The first-order chi connectivity index (χ1) is 11.6. The molecule has 2 saturated heterocycles. The van der Waals surface area contributed by atoms with Crippen LogP contribution in [0.1, 0.15) is 38.2 Å². The van der Waals surface area contributed by atoms with E-state index in [4.69, 9.17) is 11.6 Å². The van der Waals surface area contributed by atoms with E-state index in [9.17, 15) is 4.79 Å². The normalized spacial score (nSPS) is 23.0. The van der Waals surface area contributed by atoms with Gasteiger partial charge in [0.25, 0.3) is 0 Å². The molecule has 1 aromatic rings. The molecule has 0 unspecified atom stereocenters. The minimum atomic E-state index is 0.116. The number of carbonyl (C=O) groups is 1. The van der Waals surface area contributed by atoms with Crippen molar-refractivity contribution in [3.63, 3.8) is 0 Å². The molecule has 0 saturated carbocycles. The first kappa shape index (κ1) is 17.7. The van der Waals surface area contributed by atoms with E-state index in [0.717, 1.165) is 31.2 Å². The van der Waals surface area contributed by atoms with E-state index >= 15 is 0 Å². The van der Waals surface area contributed by atoms with Gasteiger partial charge in [-0.1, -0.05) is 30.2 Å². The lowest BCUT2D eigenvalue weighted by molar-refractivity contribution is -0.122. The van der Waals surface area contributed by atoms with E-state index in [1.165, 1.54) is 25.8 Å². The fourth-order valence-electron chi connectivity index (χ4n) is 3.79. The molecule has 2 aliphatic heterocycles. The van der Waals surface area contributed by atoms with Crippen molar-refractivity contribution in [2.24, 2.45) is 0 Å². The Morgan fingerprint density at radius 3 is 2.92 bits per heavy atom. The predicted octanol–water partition coefficient (Wildman–Crippen LogP) is 2.90. The van der Waals surface area contributed by atoms with E-state index in [0.29, 0.717) is 24.0 Å². The highest BCUT2D eigenvalue weighted by Crippen LogP contribution is 2.24. The minimum absolute atomic E-state index is 0.116. The third-order valence-electron chi connectivity index (χ3n) is 5.30. The number of likely N-dealkylation sites (tertiary alicyclic amines) is 2. The van der Waals surface area contributed by atoms with Gasteiger partial charge in [-0.3, -0.25) is 14.6 Å². The van der Waals surface area contributed by atoms with Crippen LogP contribution < -0.4 is 5.32 Å². The van der Waals surface area contributed by atoms with Crippen molar-refractivity contribution in [3.8, 4) is 0 Å². The topological polar surface area (TPSA) is 35.6 Å². The molecule has 5 heteroatoms. The molecular weight excluding hydrogens is 322 g/mol. The molecule has 132 valence electrons. The second-order valence-electron chi connectivity index (χ2n) is 7.15. The standard InChI is InChI=1S/C19H28ClN3O/c1-15-5-2-3-9-23(15)18-13-22(14-18)10-8-19(24)21-12-16-6-4-7-17(20)11-16/h4,6-7,11,15,18H,2-3,5,8-10,12-14H2,1H3,(H,21,24)/t15-/m1/s1. The summed E-state index contributed by atoms with van der Waals surface area (Å²) in [7, 11) is 0. The minimum Gasteiger partial charge on any atom is -0.352 e. The van der Waals surface area contributed by atoms with Crippen LogP contribution in [-0.2, 0) is 11.3 Å². The molecule has 0 bridgehead atoms. The van der Waals surface area contributed by atoms with E-state index in [1.807, 2.05) is 24.3 Å². The summed E-state index contributed by atoms with van der Waals surface area (Å²) in [4.78, 5) is 17.1. The van der Waals surface area contributed by atoms with E-state index < -0.39 is 0 Å². The Labute approximate surface area is 150 Å². The zero-order chi connectivity index (χ0) is 16.9. The maximum atomic E-state index is 12.0. The summed E-state index contributed by atoms with van der Waals surface area (Å²) in [6, 6.07) is 9.05. The molecule has 0 spiro atoms. The van der Waals surface area contributed by atoms with Crippen LogP contribution in [0.25, 0.3) is 0 Å². The van der Waals surface area contributed by atoms with Gasteiger partial charge in [0.2, 0.25) is 5.91 Å². The number of hydrogen-bond acceptors (Lipinski definition) is 3. The fourth-order valence-corrected chi connectivity index (χ4v) is 4.01. The molecule has 1 atom stereocenters. The van der Waals surface area contributed by atoms with Crippen molar-refractivity contribution in [2.75, 3.05) is 26.2 Å². The smallest absolute Gasteiger partial charge is 0.221 e. The lowest BCUT2D eigenvalue weighted by Crippen LogP contribution is -2.62. The van der Waals surface area contributed by atoms with Crippen molar-refractivity contribution in [3.05, 3.63) is 34.9 Å². The van der Waals surface area contributed by atoms with Gasteiger partial charge in [0.1, 0.15) is 0 Å². The van der Waals surface area contributed by atoms with Crippen molar-refractivity contribution in [1.82, 2.24) is 15.1 Å². The number of nitrogens with zero attached hydrogens (tertiary/aromatic N) is 2. The molecule has 2 aliphatic rings. The summed E-state index contributed by atoms with van der Waals surface area (Å²) in [6.07, 6.45) is 4.62. The van der Waals surface area contributed by atoms with Crippen molar-refractivity contribution in [2.45, 2.75) is 51.2 Å². The molecule has 2 heterocycles. The number of benzene rings is 1.